The molecule has 0 saturated carbocycles. The standard InChI is InChI=1S/C18H22FNO2.ClH/c1-18(2,13-21)20-11-14-7-4-6-10-17(14)22-12-15-8-3-5-9-16(15)19;/h3-10,20-21H,11-13H2,1-2H3;1H/p-1. The second-order valence-electron chi connectivity index (χ2n) is 5.88. The van der Waals surface area contributed by atoms with Gasteiger partial charge in [0.1, 0.15) is 18.2 Å². The molecule has 2 N–H and O–H groups in total. The van der Waals surface area contributed by atoms with Gasteiger partial charge in [0.15, 0.2) is 0 Å². The van der Waals surface area contributed by atoms with E-state index in [1.54, 1.807) is 18.2 Å². The van der Waals surface area contributed by atoms with E-state index in [4.69, 9.17) is 4.74 Å². The summed E-state index contributed by atoms with van der Waals surface area (Å²) in [5, 5.41) is 12.6. The van der Waals surface area contributed by atoms with Crippen LogP contribution in [0.1, 0.15) is 25.0 Å². The number of rotatable bonds is 7. The van der Waals surface area contributed by atoms with Crippen LogP contribution in [0.25, 0.3) is 0 Å². The molecule has 0 aliphatic heterocycles. The lowest BCUT2D eigenvalue weighted by Gasteiger charge is -2.24. The molecule has 0 aliphatic rings. The van der Waals surface area contributed by atoms with Gasteiger partial charge in [0.05, 0.1) is 6.61 Å². The van der Waals surface area contributed by atoms with Crippen molar-refractivity contribution in [2.75, 3.05) is 6.61 Å². The first-order chi connectivity index (χ1) is 10.5. The molecule has 3 nitrogen and oxygen atoms in total. The summed E-state index contributed by atoms with van der Waals surface area (Å²) >= 11 is 0. The number of halogens is 2. The average molecular weight is 339 g/mol. The van der Waals surface area contributed by atoms with Gasteiger partial charge in [0.25, 0.3) is 0 Å². The van der Waals surface area contributed by atoms with E-state index in [0.717, 1.165) is 5.56 Å². The first-order valence-electron chi connectivity index (χ1n) is 7.32. The zero-order valence-electron chi connectivity index (χ0n) is 13.4. The van der Waals surface area contributed by atoms with Crippen molar-refractivity contribution in [1.29, 1.82) is 0 Å². The average Bonchev–Trinajstić information content (AvgIpc) is 2.53. The number of hydrogen-bond acceptors (Lipinski definition) is 3. The third kappa shape index (κ3) is 5.82. The summed E-state index contributed by atoms with van der Waals surface area (Å²) in [6.07, 6.45) is 0. The Balaban J connectivity index is 0.00000264. The fourth-order valence-electron chi connectivity index (χ4n) is 1.95. The first kappa shape index (κ1) is 19.4. The minimum atomic E-state index is -0.362. The van der Waals surface area contributed by atoms with Gasteiger partial charge in [0.2, 0.25) is 0 Å². The predicted octanol–water partition coefficient (Wildman–Crippen LogP) is 0.269. The number of nitrogens with one attached hydrogen (secondary N) is 1. The normalized spacial score (nSPS) is 11.0. The van der Waals surface area contributed by atoms with Crippen molar-refractivity contribution in [1.82, 2.24) is 5.32 Å². The summed E-state index contributed by atoms with van der Waals surface area (Å²) < 4.78 is 19.4. The summed E-state index contributed by atoms with van der Waals surface area (Å²) in [5.41, 5.74) is 1.14. The maximum absolute atomic E-state index is 13.6. The van der Waals surface area contributed by atoms with Gasteiger partial charge in [-0.25, -0.2) is 4.39 Å². The van der Waals surface area contributed by atoms with E-state index in [2.05, 4.69) is 5.32 Å². The zero-order valence-corrected chi connectivity index (χ0v) is 14.1. The summed E-state index contributed by atoms with van der Waals surface area (Å²) in [6, 6.07) is 14.2. The molecule has 126 valence electrons. The molecule has 0 unspecified atom stereocenters. The van der Waals surface area contributed by atoms with Crippen molar-refractivity contribution in [3.05, 3.63) is 65.5 Å². The smallest absolute Gasteiger partial charge is 0.129 e. The van der Waals surface area contributed by atoms with E-state index in [9.17, 15) is 9.50 Å². The number of aliphatic hydroxyl groups is 1. The monoisotopic (exact) mass is 338 g/mol. The fraction of sp³-hybridized carbons (Fsp3) is 0.333. The molecule has 0 saturated heterocycles. The molecule has 0 amide bonds. The molecule has 0 radical (unpaired) electrons. The summed E-state index contributed by atoms with van der Waals surface area (Å²) in [7, 11) is 0. The minimum Gasteiger partial charge on any atom is -1.00 e. The third-order valence-electron chi connectivity index (χ3n) is 3.47. The Morgan fingerprint density at radius 2 is 1.65 bits per heavy atom. The molecule has 23 heavy (non-hydrogen) atoms. The third-order valence-corrected chi connectivity index (χ3v) is 3.47. The Hall–Kier alpha value is -1.62. The van der Waals surface area contributed by atoms with E-state index in [1.165, 1.54) is 6.07 Å². The largest absolute Gasteiger partial charge is 1.00 e. The lowest BCUT2D eigenvalue weighted by Crippen LogP contribution is -3.00. The van der Waals surface area contributed by atoms with Crippen molar-refractivity contribution < 1.29 is 26.6 Å². The van der Waals surface area contributed by atoms with Crippen LogP contribution in [0.2, 0.25) is 0 Å². The van der Waals surface area contributed by atoms with Crippen molar-refractivity contribution in [2.45, 2.75) is 32.5 Å². The maximum Gasteiger partial charge on any atom is 0.129 e. The van der Waals surface area contributed by atoms with Crippen LogP contribution in [-0.4, -0.2) is 17.3 Å². The van der Waals surface area contributed by atoms with Gasteiger partial charge in [-0.15, -0.1) is 0 Å². The molecule has 0 heterocycles. The predicted molar refractivity (Wildman–Crippen MR) is 85.2 cm³/mol. The van der Waals surface area contributed by atoms with E-state index >= 15 is 0 Å². The molecule has 0 atom stereocenters. The molecular formula is C18H22ClFNO2-. The van der Waals surface area contributed by atoms with Gasteiger partial charge in [0, 0.05) is 23.2 Å². The first-order valence-corrected chi connectivity index (χ1v) is 7.32. The van der Waals surface area contributed by atoms with Crippen LogP contribution in [0.4, 0.5) is 4.39 Å². The van der Waals surface area contributed by atoms with Crippen molar-refractivity contribution in [3.63, 3.8) is 0 Å². The second kappa shape index (κ2) is 8.87. The highest BCUT2D eigenvalue weighted by atomic mass is 35.5. The maximum atomic E-state index is 13.6. The fourth-order valence-corrected chi connectivity index (χ4v) is 1.95. The molecule has 2 rings (SSSR count). The van der Waals surface area contributed by atoms with E-state index in [-0.39, 0.29) is 37.0 Å². The summed E-state index contributed by atoms with van der Waals surface area (Å²) in [6.45, 7) is 4.66. The van der Waals surface area contributed by atoms with Crippen LogP contribution in [0.15, 0.2) is 48.5 Å². The number of benzene rings is 2. The van der Waals surface area contributed by atoms with Gasteiger partial charge >= 0.3 is 0 Å². The Kier molecular flexibility index (Phi) is 7.49. The Morgan fingerprint density at radius 3 is 2.30 bits per heavy atom. The van der Waals surface area contributed by atoms with Gasteiger partial charge in [-0.2, -0.15) is 0 Å². The Bertz CT molecular complexity index is 619. The minimum absolute atomic E-state index is 0. The molecule has 2 aromatic carbocycles. The number of hydrogen-bond donors (Lipinski definition) is 2. The molecule has 0 aromatic heterocycles. The SMILES string of the molecule is CC(C)(CO)NCc1ccccc1OCc1ccccc1F.[Cl-]. The van der Waals surface area contributed by atoms with Crippen LogP contribution in [0, 0.1) is 5.82 Å². The van der Waals surface area contributed by atoms with Crippen LogP contribution >= 0.6 is 0 Å². The number of para-hydroxylation sites is 1. The summed E-state index contributed by atoms with van der Waals surface area (Å²) in [4.78, 5) is 0. The van der Waals surface area contributed by atoms with E-state index in [0.29, 0.717) is 17.9 Å². The quantitative estimate of drug-likeness (QED) is 0.761. The zero-order chi connectivity index (χ0) is 16.0. The topological polar surface area (TPSA) is 41.5 Å². The highest BCUT2D eigenvalue weighted by Crippen LogP contribution is 2.20. The second-order valence-corrected chi connectivity index (χ2v) is 5.88. The van der Waals surface area contributed by atoms with Gasteiger partial charge in [-0.05, 0) is 26.0 Å². The van der Waals surface area contributed by atoms with E-state index in [1.807, 2.05) is 38.1 Å². The van der Waals surface area contributed by atoms with Gasteiger partial charge in [-0.3, -0.25) is 0 Å². The highest BCUT2D eigenvalue weighted by molar-refractivity contribution is 5.33. The van der Waals surface area contributed by atoms with Crippen LogP contribution in [-0.2, 0) is 13.2 Å². The van der Waals surface area contributed by atoms with Gasteiger partial charge < -0.3 is 27.6 Å². The van der Waals surface area contributed by atoms with Crippen LogP contribution in [0.3, 0.4) is 0 Å². The van der Waals surface area contributed by atoms with Crippen LogP contribution < -0.4 is 22.5 Å². The van der Waals surface area contributed by atoms with Crippen molar-refractivity contribution >= 4 is 0 Å². The molecule has 0 spiro atoms. The van der Waals surface area contributed by atoms with Crippen LogP contribution in [0.5, 0.6) is 5.75 Å². The van der Waals surface area contributed by atoms with Crippen molar-refractivity contribution in [3.8, 4) is 5.75 Å². The number of aliphatic hydroxyl groups excluding tert-OH is 1. The van der Waals surface area contributed by atoms with Gasteiger partial charge in [-0.1, -0.05) is 36.4 Å². The Labute approximate surface area is 142 Å². The molecule has 0 bridgehead atoms. The molecular weight excluding hydrogens is 317 g/mol. The van der Waals surface area contributed by atoms with E-state index < -0.39 is 0 Å². The Morgan fingerprint density at radius 1 is 1.04 bits per heavy atom. The molecule has 0 aliphatic carbocycles. The lowest BCUT2D eigenvalue weighted by molar-refractivity contribution is -0.00000652. The van der Waals surface area contributed by atoms with Crippen molar-refractivity contribution in [2.24, 2.45) is 0 Å². The number of ether oxygens (including phenoxy) is 1. The summed E-state index contributed by atoms with van der Waals surface area (Å²) in [5.74, 6) is 0.450. The lowest BCUT2D eigenvalue weighted by atomic mass is 10.1. The highest BCUT2D eigenvalue weighted by Gasteiger charge is 2.16. The molecule has 0 fully saturated rings. The molecule has 2 aromatic rings. The molecule has 5 heteroatoms.